The number of hydrogen-bond donors (Lipinski definition) is 1. The molecular weight excluding hydrogens is 248 g/mol. The molecule has 0 amide bonds. The van der Waals surface area contributed by atoms with E-state index in [1.165, 1.54) is 0 Å². The van der Waals surface area contributed by atoms with Crippen LogP contribution in [0.25, 0.3) is 0 Å². The summed E-state index contributed by atoms with van der Waals surface area (Å²) in [6, 6.07) is 0. The second-order valence-electron chi connectivity index (χ2n) is 5.28. The van der Waals surface area contributed by atoms with Crippen LogP contribution in [0.4, 0.5) is 0 Å². The van der Waals surface area contributed by atoms with E-state index in [1.807, 2.05) is 0 Å². The Balaban J connectivity index is 2.60. The smallest absolute Gasteiger partial charge is 0.151 e. The molecule has 0 radical (unpaired) electrons. The Morgan fingerprint density at radius 1 is 1.22 bits per heavy atom. The van der Waals surface area contributed by atoms with Gasteiger partial charge in [-0.05, 0) is 32.4 Å². The quantitative estimate of drug-likeness (QED) is 0.794. The van der Waals surface area contributed by atoms with Gasteiger partial charge in [0.05, 0.1) is 5.75 Å². The molecule has 0 aliphatic carbocycles. The molecule has 0 aromatic carbocycles. The van der Waals surface area contributed by atoms with Gasteiger partial charge in [-0.1, -0.05) is 20.8 Å². The third-order valence-electron chi connectivity index (χ3n) is 4.19. The maximum absolute atomic E-state index is 11.6. The Bertz CT molecular complexity index is 337. The summed E-state index contributed by atoms with van der Waals surface area (Å²) >= 11 is 0. The molecule has 0 atom stereocenters. The van der Waals surface area contributed by atoms with E-state index in [9.17, 15) is 8.42 Å². The lowest BCUT2D eigenvalue weighted by Crippen LogP contribution is -2.51. The van der Waals surface area contributed by atoms with Gasteiger partial charge in [0.15, 0.2) is 9.84 Å². The minimum atomic E-state index is -2.84. The van der Waals surface area contributed by atoms with Gasteiger partial charge in [0, 0.05) is 24.4 Å². The first-order valence-electron chi connectivity index (χ1n) is 7.14. The van der Waals surface area contributed by atoms with Gasteiger partial charge < -0.3 is 10.2 Å². The van der Waals surface area contributed by atoms with Crippen LogP contribution in [-0.2, 0) is 9.84 Å². The third kappa shape index (κ3) is 4.52. The maximum Gasteiger partial charge on any atom is 0.151 e. The van der Waals surface area contributed by atoms with E-state index < -0.39 is 9.84 Å². The summed E-state index contributed by atoms with van der Waals surface area (Å²) in [6.45, 7) is 9.85. The highest BCUT2D eigenvalue weighted by Gasteiger charge is 2.30. The summed E-state index contributed by atoms with van der Waals surface area (Å²) in [7, 11) is -2.84. The first-order chi connectivity index (χ1) is 8.47. The first kappa shape index (κ1) is 15.9. The van der Waals surface area contributed by atoms with E-state index in [0.29, 0.717) is 12.3 Å². The lowest BCUT2D eigenvalue weighted by atomic mass is 9.92. The lowest BCUT2D eigenvalue weighted by molar-refractivity contribution is 0.205. The first-order valence-corrected chi connectivity index (χ1v) is 8.97. The van der Waals surface area contributed by atoms with E-state index in [-0.39, 0.29) is 11.3 Å². The van der Waals surface area contributed by atoms with Crippen LogP contribution < -0.4 is 5.32 Å². The third-order valence-corrected chi connectivity index (χ3v) is 5.87. The summed E-state index contributed by atoms with van der Waals surface area (Å²) < 4.78 is 23.2. The second kappa shape index (κ2) is 6.87. The number of hydrogen-bond acceptors (Lipinski definition) is 4. The van der Waals surface area contributed by atoms with Crippen molar-refractivity contribution < 1.29 is 8.42 Å². The normalized spacial score (nSPS) is 21.7. The molecule has 4 nitrogen and oxygen atoms in total. The Morgan fingerprint density at radius 2 is 1.89 bits per heavy atom. The Labute approximate surface area is 112 Å². The number of sulfone groups is 1. The van der Waals surface area contributed by atoms with Crippen LogP contribution in [0.15, 0.2) is 0 Å². The van der Waals surface area contributed by atoms with Gasteiger partial charge in [0.25, 0.3) is 0 Å². The van der Waals surface area contributed by atoms with Crippen LogP contribution in [0.1, 0.15) is 40.0 Å². The molecule has 1 rings (SSSR count). The van der Waals surface area contributed by atoms with Gasteiger partial charge in [-0.2, -0.15) is 0 Å². The SMILES string of the molecule is CCC1(CC)CN(CCS(=O)(=O)CC)CCCN1. The highest BCUT2D eigenvalue weighted by molar-refractivity contribution is 7.91. The molecule has 1 aliphatic rings. The fraction of sp³-hybridized carbons (Fsp3) is 1.00. The van der Waals surface area contributed by atoms with Crippen molar-refractivity contribution >= 4 is 9.84 Å². The zero-order valence-electron chi connectivity index (χ0n) is 12.0. The summed E-state index contributed by atoms with van der Waals surface area (Å²) in [6.07, 6.45) is 3.30. The minimum absolute atomic E-state index is 0.173. The van der Waals surface area contributed by atoms with Crippen molar-refractivity contribution in [2.75, 3.05) is 37.7 Å². The van der Waals surface area contributed by atoms with Crippen LogP contribution in [0, 0.1) is 0 Å². The Morgan fingerprint density at radius 3 is 2.44 bits per heavy atom. The van der Waals surface area contributed by atoms with Crippen LogP contribution in [0.3, 0.4) is 0 Å². The average molecular weight is 276 g/mol. The highest BCUT2D eigenvalue weighted by Crippen LogP contribution is 2.19. The van der Waals surface area contributed by atoms with Gasteiger partial charge in [-0.3, -0.25) is 0 Å². The number of nitrogens with one attached hydrogen (secondary N) is 1. The number of rotatable bonds is 6. The van der Waals surface area contributed by atoms with E-state index >= 15 is 0 Å². The van der Waals surface area contributed by atoms with Crippen molar-refractivity contribution in [2.24, 2.45) is 0 Å². The molecule has 0 aromatic rings. The minimum Gasteiger partial charge on any atom is -0.310 e. The zero-order chi connectivity index (χ0) is 13.6. The van der Waals surface area contributed by atoms with Crippen molar-refractivity contribution in [3.8, 4) is 0 Å². The van der Waals surface area contributed by atoms with Crippen LogP contribution in [-0.4, -0.2) is 56.5 Å². The molecule has 1 N–H and O–H groups in total. The summed E-state index contributed by atoms with van der Waals surface area (Å²) in [5, 5.41) is 3.64. The monoisotopic (exact) mass is 276 g/mol. The van der Waals surface area contributed by atoms with Crippen molar-refractivity contribution in [2.45, 2.75) is 45.6 Å². The van der Waals surface area contributed by atoms with Crippen LogP contribution in [0.2, 0.25) is 0 Å². The zero-order valence-corrected chi connectivity index (χ0v) is 12.9. The van der Waals surface area contributed by atoms with Gasteiger partial charge in [0.2, 0.25) is 0 Å². The molecule has 1 fully saturated rings. The fourth-order valence-electron chi connectivity index (χ4n) is 2.55. The molecule has 0 unspecified atom stereocenters. The largest absolute Gasteiger partial charge is 0.310 e. The van der Waals surface area contributed by atoms with Crippen molar-refractivity contribution in [3.63, 3.8) is 0 Å². The summed E-state index contributed by atoms with van der Waals surface area (Å²) in [4.78, 5) is 2.32. The van der Waals surface area contributed by atoms with Crippen LogP contribution in [0.5, 0.6) is 0 Å². The summed E-state index contributed by atoms with van der Waals surface area (Å²) in [5.74, 6) is 0.554. The van der Waals surface area contributed by atoms with E-state index in [1.54, 1.807) is 6.92 Å². The standard InChI is InChI=1S/C13H28N2O2S/c1-4-13(5-2)12-15(9-7-8-14-13)10-11-18(16,17)6-3/h14H,4-12H2,1-3H3. The topological polar surface area (TPSA) is 49.4 Å². The molecule has 0 saturated carbocycles. The fourth-order valence-corrected chi connectivity index (χ4v) is 3.37. The van der Waals surface area contributed by atoms with Crippen molar-refractivity contribution in [1.82, 2.24) is 10.2 Å². The van der Waals surface area contributed by atoms with E-state index in [0.717, 1.165) is 38.9 Å². The predicted molar refractivity (Wildman–Crippen MR) is 76.7 cm³/mol. The summed E-state index contributed by atoms with van der Waals surface area (Å²) in [5.41, 5.74) is 0.173. The van der Waals surface area contributed by atoms with Gasteiger partial charge >= 0.3 is 0 Å². The van der Waals surface area contributed by atoms with Gasteiger partial charge in [0.1, 0.15) is 0 Å². The Kier molecular flexibility index (Phi) is 6.08. The molecule has 1 saturated heterocycles. The molecule has 0 aromatic heterocycles. The molecule has 0 bridgehead atoms. The number of nitrogens with zero attached hydrogens (tertiary/aromatic N) is 1. The maximum atomic E-state index is 11.6. The van der Waals surface area contributed by atoms with E-state index in [4.69, 9.17) is 0 Å². The highest BCUT2D eigenvalue weighted by atomic mass is 32.2. The van der Waals surface area contributed by atoms with Crippen molar-refractivity contribution in [1.29, 1.82) is 0 Å². The molecule has 18 heavy (non-hydrogen) atoms. The molecular formula is C13H28N2O2S. The molecule has 1 heterocycles. The average Bonchev–Trinajstić information content (AvgIpc) is 2.59. The molecule has 0 spiro atoms. The predicted octanol–water partition coefficient (Wildman–Crippen LogP) is 1.28. The van der Waals surface area contributed by atoms with Crippen molar-refractivity contribution in [3.05, 3.63) is 0 Å². The molecule has 5 heteroatoms. The lowest BCUT2D eigenvalue weighted by Gasteiger charge is -2.35. The molecule has 108 valence electrons. The van der Waals surface area contributed by atoms with Gasteiger partial charge in [-0.15, -0.1) is 0 Å². The van der Waals surface area contributed by atoms with Gasteiger partial charge in [-0.25, -0.2) is 8.42 Å². The Hall–Kier alpha value is -0.130. The second-order valence-corrected chi connectivity index (χ2v) is 7.75. The molecule has 1 aliphatic heterocycles. The van der Waals surface area contributed by atoms with E-state index in [2.05, 4.69) is 24.1 Å². The van der Waals surface area contributed by atoms with Crippen LogP contribution >= 0.6 is 0 Å².